The first kappa shape index (κ1) is 14.0. The largest absolute Gasteiger partial charge is 0.481 e. The highest BCUT2D eigenvalue weighted by atomic mass is 16.5. The fraction of sp³-hybridized carbons (Fsp3) is 0.533. The Kier molecular flexibility index (Phi) is 5.36. The minimum atomic E-state index is -0.835. The molecule has 0 radical (unpaired) electrons. The van der Waals surface area contributed by atoms with Gasteiger partial charge in [0.2, 0.25) is 0 Å². The number of carboxylic acid groups (broad SMARTS) is 1. The van der Waals surface area contributed by atoms with E-state index in [0.717, 1.165) is 31.6 Å². The van der Waals surface area contributed by atoms with Gasteiger partial charge in [-0.1, -0.05) is 30.3 Å². The Bertz CT molecular complexity index is 384. The summed E-state index contributed by atoms with van der Waals surface area (Å²) in [5.74, 6) is -0.918. The fourth-order valence-electron chi connectivity index (χ4n) is 2.26. The van der Waals surface area contributed by atoms with Gasteiger partial charge in [-0.3, -0.25) is 4.79 Å². The van der Waals surface area contributed by atoms with Crippen LogP contribution in [0.4, 0.5) is 0 Å². The first-order valence-electron chi connectivity index (χ1n) is 6.70. The van der Waals surface area contributed by atoms with Crippen LogP contribution in [-0.4, -0.2) is 37.5 Å². The third-order valence-electron chi connectivity index (χ3n) is 3.48. The summed E-state index contributed by atoms with van der Waals surface area (Å²) in [4.78, 5) is 11.3. The van der Waals surface area contributed by atoms with Gasteiger partial charge in [-0.05, 0) is 24.3 Å². The highest BCUT2D eigenvalue weighted by Crippen LogP contribution is 2.19. The molecule has 104 valence electrons. The van der Waals surface area contributed by atoms with Crippen molar-refractivity contribution >= 4 is 5.97 Å². The molecule has 1 unspecified atom stereocenters. The second-order valence-corrected chi connectivity index (χ2v) is 4.89. The van der Waals surface area contributed by atoms with Crippen LogP contribution in [-0.2, 0) is 14.3 Å². The van der Waals surface area contributed by atoms with Crippen molar-refractivity contribution in [3.8, 4) is 0 Å². The van der Waals surface area contributed by atoms with Crippen molar-refractivity contribution in [1.29, 1.82) is 0 Å². The number of benzene rings is 1. The maximum Gasteiger partial charge on any atom is 0.313 e. The average Bonchev–Trinajstić information content (AvgIpc) is 2.45. The lowest BCUT2D eigenvalue weighted by Crippen LogP contribution is -2.23. The third kappa shape index (κ3) is 4.33. The Labute approximate surface area is 113 Å². The van der Waals surface area contributed by atoms with E-state index in [2.05, 4.69) is 0 Å². The van der Waals surface area contributed by atoms with Crippen LogP contribution in [0.3, 0.4) is 0 Å². The summed E-state index contributed by atoms with van der Waals surface area (Å²) in [6.45, 7) is 2.43. The number of hydrogen-bond acceptors (Lipinski definition) is 3. The molecule has 0 spiro atoms. The van der Waals surface area contributed by atoms with E-state index in [4.69, 9.17) is 9.47 Å². The topological polar surface area (TPSA) is 55.8 Å². The predicted octanol–water partition coefficient (Wildman–Crippen LogP) is 2.30. The molecule has 1 aromatic rings. The van der Waals surface area contributed by atoms with E-state index in [1.165, 1.54) is 0 Å². The van der Waals surface area contributed by atoms with Gasteiger partial charge in [-0.2, -0.15) is 0 Å². The van der Waals surface area contributed by atoms with E-state index in [9.17, 15) is 9.90 Å². The lowest BCUT2D eigenvalue weighted by Gasteiger charge is -2.22. The summed E-state index contributed by atoms with van der Waals surface area (Å²) in [7, 11) is 0. The Morgan fingerprint density at radius 1 is 1.32 bits per heavy atom. The number of aliphatic carboxylic acids is 1. The Morgan fingerprint density at radius 3 is 2.63 bits per heavy atom. The minimum Gasteiger partial charge on any atom is -0.481 e. The Morgan fingerprint density at radius 2 is 2.00 bits per heavy atom. The van der Waals surface area contributed by atoms with Crippen LogP contribution in [0, 0.1) is 5.92 Å². The van der Waals surface area contributed by atoms with Crippen LogP contribution in [0.5, 0.6) is 0 Å². The van der Waals surface area contributed by atoms with Gasteiger partial charge in [0, 0.05) is 19.8 Å². The molecule has 1 aliphatic rings. The number of hydrogen-bond donors (Lipinski definition) is 1. The normalized spacial score (nSPS) is 18.1. The first-order valence-corrected chi connectivity index (χ1v) is 6.70. The average molecular weight is 264 g/mol. The van der Waals surface area contributed by atoms with E-state index in [1.807, 2.05) is 30.3 Å². The van der Waals surface area contributed by atoms with Crippen LogP contribution >= 0.6 is 0 Å². The molecular weight excluding hydrogens is 244 g/mol. The molecule has 1 aliphatic heterocycles. The molecule has 4 heteroatoms. The summed E-state index contributed by atoms with van der Waals surface area (Å²) in [5.41, 5.74) is 0.793. The zero-order valence-electron chi connectivity index (χ0n) is 11.0. The van der Waals surface area contributed by atoms with Crippen molar-refractivity contribution in [3.63, 3.8) is 0 Å². The summed E-state index contributed by atoms with van der Waals surface area (Å²) in [5, 5.41) is 9.26. The lowest BCUT2D eigenvalue weighted by molar-refractivity contribution is -0.140. The molecule has 0 saturated carbocycles. The number of rotatable bonds is 6. The molecule has 2 rings (SSSR count). The Hall–Kier alpha value is -1.39. The molecule has 1 aromatic carbocycles. The lowest BCUT2D eigenvalue weighted by atomic mass is 9.99. The van der Waals surface area contributed by atoms with Crippen LogP contribution in [0.2, 0.25) is 0 Å². The molecule has 1 heterocycles. The second kappa shape index (κ2) is 7.26. The number of carbonyl (C=O) groups is 1. The number of carboxylic acids is 1. The standard InChI is InChI=1S/C15H20O4/c16-15(17)14(13-4-2-1-3-5-13)11-19-10-12-6-8-18-9-7-12/h1-5,12,14H,6-11H2,(H,16,17). The van der Waals surface area contributed by atoms with Crippen molar-refractivity contribution < 1.29 is 19.4 Å². The fourth-order valence-corrected chi connectivity index (χ4v) is 2.26. The maximum atomic E-state index is 11.3. The molecule has 4 nitrogen and oxygen atoms in total. The van der Waals surface area contributed by atoms with Gasteiger partial charge in [0.1, 0.15) is 5.92 Å². The highest BCUT2D eigenvalue weighted by Gasteiger charge is 2.21. The first-order chi connectivity index (χ1) is 9.27. The van der Waals surface area contributed by atoms with Crippen molar-refractivity contribution in [3.05, 3.63) is 35.9 Å². The maximum absolute atomic E-state index is 11.3. The van der Waals surface area contributed by atoms with Crippen molar-refractivity contribution in [1.82, 2.24) is 0 Å². The molecule has 1 fully saturated rings. The molecule has 1 atom stereocenters. The van der Waals surface area contributed by atoms with Crippen molar-refractivity contribution in [2.24, 2.45) is 5.92 Å². The Balaban J connectivity index is 1.82. The highest BCUT2D eigenvalue weighted by molar-refractivity contribution is 5.76. The molecular formula is C15H20O4. The van der Waals surface area contributed by atoms with Gasteiger partial charge >= 0.3 is 5.97 Å². The predicted molar refractivity (Wildman–Crippen MR) is 71.2 cm³/mol. The minimum absolute atomic E-state index is 0.233. The van der Waals surface area contributed by atoms with E-state index in [1.54, 1.807) is 0 Å². The molecule has 0 aliphatic carbocycles. The summed E-state index contributed by atoms with van der Waals surface area (Å²) < 4.78 is 10.9. The van der Waals surface area contributed by atoms with Gasteiger partial charge in [-0.25, -0.2) is 0 Å². The SMILES string of the molecule is O=C(O)C(COCC1CCOCC1)c1ccccc1. The van der Waals surface area contributed by atoms with Gasteiger partial charge < -0.3 is 14.6 Å². The van der Waals surface area contributed by atoms with E-state index in [0.29, 0.717) is 12.5 Å². The van der Waals surface area contributed by atoms with Gasteiger partial charge in [0.15, 0.2) is 0 Å². The van der Waals surface area contributed by atoms with Crippen molar-refractivity contribution in [2.75, 3.05) is 26.4 Å². The molecule has 19 heavy (non-hydrogen) atoms. The molecule has 0 aromatic heterocycles. The van der Waals surface area contributed by atoms with E-state index < -0.39 is 11.9 Å². The quantitative estimate of drug-likeness (QED) is 0.856. The summed E-state index contributed by atoms with van der Waals surface area (Å²) in [6.07, 6.45) is 2.01. The van der Waals surface area contributed by atoms with Crippen molar-refractivity contribution in [2.45, 2.75) is 18.8 Å². The van der Waals surface area contributed by atoms with Gasteiger partial charge in [-0.15, -0.1) is 0 Å². The van der Waals surface area contributed by atoms with Crippen LogP contribution in [0.25, 0.3) is 0 Å². The molecule has 1 N–H and O–H groups in total. The van der Waals surface area contributed by atoms with Crippen LogP contribution in [0.15, 0.2) is 30.3 Å². The summed E-state index contributed by atoms with van der Waals surface area (Å²) in [6, 6.07) is 9.24. The monoisotopic (exact) mass is 264 g/mol. The summed E-state index contributed by atoms with van der Waals surface area (Å²) >= 11 is 0. The molecule has 0 bridgehead atoms. The number of ether oxygens (including phenoxy) is 2. The van der Waals surface area contributed by atoms with Crippen LogP contribution in [0.1, 0.15) is 24.3 Å². The van der Waals surface area contributed by atoms with E-state index >= 15 is 0 Å². The molecule has 0 amide bonds. The van der Waals surface area contributed by atoms with E-state index in [-0.39, 0.29) is 6.61 Å². The molecule has 1 saturated heterocycles. The third-order valence-corrected chi connectivity index (χ3v) is 3.48. The zero-order chi connectivity index (χ0) is 13.5. The smallest absolute Gasteiger partial charge is 0.313 e. The van der Waals surface area contributed by atoms with Crippen LogP contribution < -0.4 is 0 Å². The zero-order valence-corrected chi connectivity index (χ0v) is 11.0. The van der Waals surface area contributed by atoms with Gasteiger partial charge in [0.25, 0.3) is 0 Å². The van der Waals surface area contributed by atoms with Gasteiger partial charge in [0.05, 0.1) is 6.61 Å². The second-order valence-electron chi connectivity index (χ2n) is 4.89.